The molecular formula is C16H25NO2. The van der Waals surface area contributed by atoms with Crippen LogP contribution in [-0.4, -0.2) is 25.2 Å². The highest BCUT2D eigenvalue weighted by molar-refractivity contribution is 5.75. The lowest BCUT2D eigenvalue weighted by Crippen LogP contribution is -2.26. The Morgan fingerprint density at radius 1 is 1.21 bits per heavy atom. The van der Waals surface area contributed by atoms with Gasteiger partial charge in [0.2, 0.25) is 5.91 Å². The van der Waals surface area contributed by atoms with Crippen molar-refractivity contribution < 1.29 is 9.53 Å². The Labute approximate surface area is 116 Å². The molecule has 1 N–H and O–H groups in total. The van der Waals surface area contributed by atoms with Gasteiger partial charge < -0.3 is 10.1 Å². The van der Waals surface area contributed by atoms with Crippen molar-refractivity contribution >= 4 is 5.91 Å². The van der Waals surface area contributed by atoms with Crippen molar-refractivity contribution in [3.05, 3.63) is 35.9 Å². The van der Waals surface area contributed by atoms with E-state index < -0.39 is 0 Å². The molecule has 1 atom stereocenters. The zero-order chi connectivity index (χ0) is 14.1. The Morgan fingerprint density at radius 2 is 1.89 bits per heavy atom. The predicted molar refractivity (Wildman–Crippen MR) is 78.2 cm³/mol. The van der Waals surface area contributed by atoms with Gasteiger partial charge in [-0.05, 0) is 31.7 Å². The van der Waals surface area contributed by atoms with E-state index in [1.807, 2.05) is 32.0 Å². The van der Waals surface area contributed by atoms with E-state index in [4.69, 9.17) is 4.74 Å². The number of carbonyl (C=O) groups excluding carboxylic acids is 1. The monoisotopic (exact) mass is 263 g/mol. The summed E-state index contributed by atoms with van der Waals surface area (Å²) in [5.74, 6) is 0.536. The molecule has 3 nitrogen and oxygen atoms in total. The topological polar surface area (TPSA) is 38.3 Å². The highest BCUT2D eigenvalue weighted by atomic mass is 16.5. The molecule has 0 heterocycles. The minimum Gasteiger partial charge on any atom is -0.378 e. The van der Waals surface area contributed by atoms with Crippen LogP contribution < -0.4 is 5.32 Å². The standard InChI is InChI=1S/C16H25NO2/c1-13(2)19-12-10-16(18)17-11-9-14(3)15-7-5-4-6-8-15/h4-8,13-14H,9-12H2,1-3H3,(H,17,18). The van der Waals surface area contributed by atoms with Gasteiger partial charge in [-0.1, -0.05) is 37.3 Å². The fourth-order valence-electron chi connectivity index (χ4n) is 1.85. The van der Waals surface area contributed by atoms with Crippen molar-refractivity contribution in [3.63, 3.8) is 0 Å². The SMILES string of the molecule is CC(C)OCCC(=O)NCCC(C)c1ccccc1. The van der Waals surface area contributed by atoms with E-state index in [2.05, 4.69) is 24.4 Å². The van der Waals surface area contributed by atoms with E-state index in [1.165, 1.54) is 5.56 Å². The van der Waals surface area contributed by atoms with Crippen molar-refractivity contribution in [2.24, 2.45) is 0 Å². The fraction of sp³-hybridized carbons (Fsp3) is 0.562. The van der Waals surface area contributed by atoms with Crippen LogP contribution >= 0.6 is 0 Å². The molecule has 1 aromatic carbocycles. The number of rotatable bonds is 8. The molecule has 1 rings (SSSR count). The van der Waals surface area contributed by atoms with Gasteiger partial charge in [-0.25, -0.2) is 0 Å². The van der Waals surface area contributed by atoms with Gasteiger partial charge in [-0.3, -0.25) is 4.79 Å². The Kier molecular flexibility index (Phi) is 7.19. The molecule has 0 saturated carbocycles. The van der Waals surface area contributed by atoms with Crippen molar-refractivity contribution in [2.75, 3.05) is 13.2 Å². The molecule has 1 amide bonds. The lowest BCUT2D eigenvalue weighted by molar-refractivity contribution is -0.122. The molecule has 0 bridgehead atoms. The first-order valence-electron chi connectivity index (χ1n) is 7.03. The summed E-state index contributed by atoms with van der Waals surface area (Å²) in [5.41, 5.74) is 1.32. The molecule has 0 aliphatic rings. The van der Waals surface area contributed by atoms with Gasteiger partial charge in [-0.15, -0.1) is 0 Å². The molecule has 0 aliphatic heterocycles. The van der Waals surface area contributed by atoms with Crippen LogP contribution in [0, 0.1) is 0 Å². The van der Waals surface area contributed by atoms with Crippen LogP contribution in [0.4, 0.5) is 0 Å². The summed E-state index contributed by atoms with van der Waals surface area (Å²) >= 11 is 0. The quantitative estimate of drug-likeness (QED) is 0.782. The van der Waals surface area contributed by atoms with E-state index >= 15 is 0 Å². The summed E-state index contributed by atoms with van der Waals surface area (Å²) in [6.45, 7) is 7.34. The number of hydrogen-bond acceptors (Lipinski definition) is 2. The van der Waals surface area contributed by atoms with E-state index in [0.29, 0.717) is 18.9 Å². The molecule has 106 valence electrons. The van der Waals surface area contributed by atoms with Gasteiger partial charge >= 0.3 is 0 Å². The number of ether oxygens (including phenoxy) is 1. The van der Waals surface area contributed by atoms with Crippen LogP contribution in [0.2, 0.25) is 0 Å². The summed E-state index contributed by atoms with van der Waals surface area (Å²) < 4.78 is 5.35. The highest BCUT2D eigenvalue weighted by Gasteiger charge is 2.06. The fourth-order valence-corrected chi connectivity index (χ4v) is 1.85. The van der Waals surface area contributed by atoms with E-state index in [1.54, 1.807) is 0 Å². The second-order valence-corrected chi connectivity index (χ2v) is 5.12. The molecule has 0 fully saturated rings. The maximum absolute atomic E-state index is 11.6. The van der Waals surface area contributed by atoms with Crippen LogP contribution in [0.15, 0.2) is 30.3 Å². The lowest BCUT2D eigenvalue weighted by atomic mass is 9.98. The molecule has 0 aliphatic carbocycles. The first-order chi connectivity index (χ1) is 9.09. The first-order valence-corrected chi connectivity index (χ1v) is 7.03. The van der Waals surface area contributed by atoms with Crippen LogP contribution in [0.25, 0.3) is 0 Å². The molecule has 3 heteroatoms. The molecule has 19 heavy (non-hydrogen) atoms. The number of benzene rings is 1. The number of carbonyl (C=O) groups is 1. The average Bonchev–Trinajstić information content (AvgIpc) is 2.39. The van der Waals surface area contributed by atoms with E-state index in [-0.39, 0.29) is 12.0 Å². The molecule has 0 spiro atoms. The third-order valence-electron chi connectivity index (χ3n) is 3.05. The Balaban J connectivity index is 2.14. The minimum atomic E-state index is 0.0703. The van der Waals surface area contributed by atoms with Crippen LogP contribution in [-0.2, 0) is 9.53 Å². The normalized spacial score (nSPS) is 12.4. The lowest BCUT2D eigenvalue weighted by Gasteiger charge is -2.12. The molecule has 1 unspecified atom stereocenters. The number of amides is 1. The predicted octanol–water partition coefficient (Wildman–Crippen LogP) is 3.11. The maximum atomic E-state index is 11.6. The summed E-state index contributed by atoms with van der Waals surface area (Å²) in [6, 6.07) is 10.4. The van der Waals surface area contributed by atoms with Crippen molar-refractivity contribution in [1.29, 1.82) is 0 Å². The number of nitrogens with one attached hydrogen (secondary N) is 1. The zero-order valence-corrected chi connectivity index (χ0v) is 12.2. The summed E-state index contributed by atoms with van der Waals surface area (Å²) in [7, 11) is 0. The van der Waals surface area contributed by atoms with Gasteiger partial charge in [0.1, 0.15) is 0 Å². The molecule has 1 aromatic rings. The maximum Gasteiger partial charge on any atom is 0.222 e. The smallest absolute Gasteiger partial charge is 0.222 e. The average molecular weight is 263 g/mol. The number of hydrogen-bond donors (Lipinski definition) is 1. The summed E-state index contributed by atoms with van der Waals surface area (Å²) in [6.07, 6.45) is 1.59. The van der Waals surface area contributed by atoms with Crippen LogP contribution in [0.1, 0.15) is 45.1 Å². The van der Waals surface area contributed by atoms with Gasteiger partial charge in [0.25, 0.3) is 0 Å². The molecule has 0 saturated heterocycles. The summed E-state index contributed by atoms with van der Waals surface area (Å²) in [5, 5.41) is 2.94. The largest absolute Gasteiger partial charge is 0.378 e. The van der Waals surface area contributed by atoms with Gasteiger partial charge in [-0.2, -0.15) is 0 Å². The van der Waals surface area contributed by atoms with Crippen molar-refractivity contribution in [2.45, 2.75) is 45.6 Å². The minimum absolute atomic E-state index is 0.0703. The van der Waals surface area contributed by atoms with Crippen LogP contribution in [0.5, 0.6) is 0 Å². The highest BCUT2D eigenvalue weighted by Crippen LogP contribution is 2.17. The van der Waals surface area contributed by atoms with E-state index in [0.717, 1.165) is 13.0 Å². The Morgan fingerprint density at radius 3 is 2.53 bits per heavy atom. The second-order valence-electron chi connectivity index (χ2n) is 5.12. The van der Waals surface area contributed by atoms with E-state index in [9.17, 15) is 4.79 Å². The van der Waals surface area contributed by atoms with Crippen LogP contribution in [0.3, 0.4) is 0 Å². The Bertz CT molecular complexity index is 362. The first kappa shape index (κ1) is 15.7. The molecular weight excluding hydrogens is 238 g/mol. The second kappa shape index (κ2) is 8.70. The third kappa shape index (κ3) is 6.97. The van der Waals surface area contributed by atoms with Gasteiger partial charge in [0, 0.05) is 13.0 Å². The van der Waals surface area contributed by atoms with Gasteiger partial charge in [0.05, 0.1) is 12.7 Å². The van der Waals surface area contributed by atoms with Crippen molar-refractivity contribution in [1.82, 2.24) is 5.32 Å². The van der Waals surface area contributed by atoms with Gasteiger partial charge in [0.15, 0.2) is 0 Å². The zero-order valence-electron chi connectivity index (χ0n) is 12.2. The summed E-state index contributed by atoms with van der Waals surface area (Å²) in [4.78, 5) is 11.6. The Hall–Kier alpha value is -1.35. The molecule has 0 radical (unpaired) electrons. The van der Waals surface area contributed by atoms with Crippen molar-refractivity contribution in [3.8, 4) is 0 Å². The third-order valence-corrected chi connectivity index (χ3v) is 3.05. The molecule has 0 aromatic heterocycles.